The fraction of sp³-hybridized carbons (Fsp3) is 1.00. The Bertz CT molecular complexity index is 201. The van der Waals surface area contributed by atoms with Crippen molar-refractivity contribution in [1.29, 1.82) is 0 Å². The summed E-state index contributed by atoms with van der Waals surface area (Å²) in [5.41, 5.74) is 0. The Hall–Kier alpha value is -0.0800. The van der Waals surface area contributed by atoms with Crippen LogP contribution in [0.25, 0.3) is 0 Å². The molecule has 0 spiro atoms. The second-order valence-electron chi connectivity index (χ2n) is 5.75. The minimum absolute atomic E-state index is 0.381. The van der Waals surface area contributed by atoms with Crippen molar-refractivity contribution >= 4 is 0 Å². The molecule has 102 valence electrons. The molecule has 0 aromatic heterocycles. The summed E-state index contributed by atoms with van der Waals surface area (Å²) in [7, 11) is 0. The van der Waals surface area contributed by atoms with Gasteiger partial charge in [0.05, 0.1) is 12.2 Å². The maximum absolute atomic E-state index is 6.01. The highest BCUT2D eigenvalue weighted by molar-refractivity contribution is 4.76. The van der Waals surface area contributed by atoms with E-state index in [-0.39, 0.29) is 5.79 Å². The molecule has 0 aromatic rings. The first-order valence-corrected chi connectivity index (χ1v) is 7.43. The van der Waals surface area contributed by atoms with Gasteiger partial charge < -0.3 is 9.47 Å². The Morgan fingerprint density at radius 2 is 1.53 bits per heavy atom. The molecule has 0 saturated carbocycles. The van der Waals surface area contributed by atoms with Gasteiger partial charge in [0.25, 0.3) is 0 Å². The number of unbranched alkanes of at least 4 members (excludes halogenated alkanes) is 3. The van der Waals surface area contributed by atoms with Crippen molar-refractivity contribution in [2.24, 2.45) is 0 Å². The molecule has 1 fully saturated rings. The zero-order chi connectivity index (χ0) is 12.7. The summed E-state index contributed by atoms with van der Waals surface area (Å²) in [6.07, 6.45) is 10.8. The van der Waals surface area contributed by atoms with Gasteiger partial charge in [-0.1, -0.05) is 46.0 Å². The molecule has 1 saturated heterocycles. The molecule has 1 aliphatic heterocycles. The van der Waals surface area contributed by atoms with E-state index in [1.165, 1.54) is 38.5 Å². The molecule has 2 nitrogen and oxygen atoms in total. The van der Waals surface area contributed by atoms with Gasteiger partial charge in [-0.15, -0.1) is 0 Å². The van der Waals surface area contributed by atoms with Crippen LogP contribution >= 0.6 is 0 Å². The monoisotopic (exact) mass is 242 g/mol. The highest BCUT2D eigenvalue weighted by Crippen LogP contribution is 2.31. The zero-order valence-electron chi connectivity index (χ0n) is 12.1. The molecule has 0 unspecified atom stereocenters. The summed E-state index contributed by atoms with van der Waals surface area (Å²) in [6, 6.07) is 0. The Balaban J connectivity index is 2.32. The van der Waals surface area contributed by atoms with Crippen LogP contribution in [0.4, 0.5) is 0 Å². The molecule has 0 amide bonds. The average molecular weight is 242 g/mol. The first kappa shape index (κ1) is 15.0. The molecule has 2 atom stereocenters. The molecule has 0 bridgehead atoms. The molecule has 17 heavy (non-hydrogen) atoms. The van der Waals surface area contributed by atoms with E-state index in [9.17, 15) is 0 Å². The summed E-state index contributed by atoms with van der Waals surface area (Å²) < 4.78 is 12.0. The van der Waals surface area contributed by atoms with E-state index in [1.807, 2.05) is 13.8 Å². The fourth-order valence-electron chi connectivity index (χ4n) is 2.69. The Morgan fingerprint density at radius 1 is 0.882 bits per heavy atom. The van der Waals surface area contributed by atoms with Gasteiger partial charge in [0.2, 0.25) is 0 Å². The third-order valence-corrected chi connectivity index (χ3v) is 3.42. The molecule has 0 N–H and O–H groups in total. The van der Waals surface area contributed by atoms with Crippen molar-refractivity contribution < 1.29 is 9.47 Å². The number of rotatable bonds is 7. The summed E-state index contributed by atoms with van der Waals surface area (Å²) in [6.45, 7) is 8.58. The number of hydrogen-bond donors (Lipinski definition) is 0. The third-order valence-electron chi connectivity index (χ3n) is 3.42. The Kier molecular flexibility index (Phi) is 6.50. The first-order valence-electron chi connectivity index (χ1n) is 7.43. The minimum Gasteiger partial charge on any atom is -0.347 e. The smallest absolute Gasteiger partial charge is 0.163 e. The van der Waals surface area contributed by atoms with E-state index in [1.54, 1.807) is 0 Å². The predicted molar refractivity (Wildman–Crippen MR) is 72.1 cm³/mol. The van der Waals surface area contributed by atoms with Crippen LogP contribution in [0.5, 0.6) is 0 Å². The predicted octanol–water partition coefficient (Wildman–Crippen LogP) is 4.67. The van der Waals surface area contributed by atoms with Crippen molar-refractivity contribution in [1.82, 2.24) is 0 Å². The van der Waals surface area contributed by atoms with Gasteiger partial charge in [-0.25, -0.2) is 0 Å². The van der Waals surface area contributed by atoms with Gasteiger partial charge in [0.15, 0.2) is 5.79 Å². The number of hydrogen-bond acceptors (Lipinski definition) is 2. The van der Waals surface area contributed by atoms with Crippen LogP contribution in [0.2, 0.25) is 0 Å². The van der Waals surface area contributed by atoms with E-state index in [4.69, 9.17) is 9.47 Å². The van der Waals surface area contributed by atoms with Crippen molar-refractivity contribution in [2.75, 3.05) is 0 Å². The Labute approximate surface area is 107 Å². The summed E-state index contributed by atoms with van der Waals surface area (Å²) in [4.78, 5) is 0. The summed E-state index contributed by atoms with van der Waals surface area (Å²) in [5, 5.41) is 0. The Morgan fingerprint density at radius 3 is 2.12 bits per heavy atom. The maximum Gasteiger partial charge on any atom is 0.163 e. The normalized spacial score (nSPS) is 28.2. The van der Waals surface area contributed by atoms with Crippen LogP contribution in [0.1, 0.15) is 79.1 Å². The molecule has 0 radical (unpaired) electrons. The van der Waals surface area contributed by atoms with Crippen molar-refractivity contribution in [3.05, 3.63) is 0 Å². The minimum atomic E-state index is -0.381. The van der Waals surface area contributed by atoms with Gasteiger partial charge in [-0.05, 0) is 26.7 Å². The average Bonchev–Trinajstić information content (AvgIpc) is 2.23. The van der Waals surface area contributed by atoms with E-state index in [0.717, 1.165) is 12.8 Å². The highest BCUT2D eigenvalue weighted by atomic mass is 16.7. The van der Waals surface area contributed by atoms with Crippen molar-refractivity contribution in [3.8, 4) is 0 Å². The lowest BCUT2D eigenvalue weighted by atomic mass is 9.99. The molecular formula is C15H30O2. The van der Waals surface area contributed by atoms with Crippen LogP contribution in [-0.4, -0.2) is 18.0 Å². The lowest BCUT2D eigenvalue weighted by molar-refractivity contribution is -0.301. The van der Waals surface area contributed by atoms with Gasteiger partial charge >= 0.3 is 0 Å². The first-order chi connectivity index (χ1) is 8.07. The molecular weight excluding hydrogens is 212 g/mol. The van der Waals surface area contributed by atoms with Crippen LogP contribution in [0, 0.1) is 0 Å². The molecule has 0 aliphatic carbocycles. The zero-order valence-corrected chi connectivity index (χ0v) is 12.1. The summed E-state index contributed by atoms with van der Waals surface area (Å²) in [5.74, 6) is -0.381. The van der Waals surface area contributed by atoms with E-state index in [2.05, 4.69) is 13.8 Å². The second kappa shape index (κ2) is 7.38. The largest absolute Gasteiger partial charge is 0.347 e. The van der Waals surface area contributed by atoms with Crippen LogP contribution < -0.4 is 0 Å². The molecule has 1 rings (SSSR count). The standard InChI is InChI=1S/C15H30O2/c1-5-7-8-9-11-14-12-13(10-6-2)16-15(3,4)17-14/h13-14H,5-12H2,1-4H3/t13-,14-/m0/s1. The van der Waals surface area contributed by atoms with Crippen LogP contribution in [0.3, 0.4) is 0 Å². The molecule has 2 heteroatoms. The quantitative estimate of drug-likeness (QED) is 0.604. The summed E-state index contributed by atoms with van der Waals surface area (Å²) >= 11 is 0. The topological polar surface area (TPSA) is 18.5 Å². The lowest BCUT2D eigenvalue weighted by Crippen LogP contribution is -2.44. The van der Waals surface area contributed by atoms with E-state index < -0.39 is 0 Å². The van der Waals surface area contributed by atoms with Crippen molar-refractivity contribution in [3.63, 3.8) is 0 Å². The van der Waals surface area contributed by atoms with Gasteiger partial charge in [0.1, 0.15) is 0 Å². The third kappa shape index (κ3) is 5.87. The maximum atomic E-state index is 6.01. The highest BCUT2D eigenvalue weighted by Gasteiger charge is 2.34. The second-order valence-corrected chi connectivity index (χ2v) is 5.75. The van der Waals surface area contributed by atoms with Gasteiger partial charge in [-0.2, -0.15) is 0 Å². The molecule has 1 heterocycles. The molecule has 1 aliphatic rings. The number of ether oxygens (including phenoxy) is 2. The van der Waals surface area contributed by atoms with E-state index >= 15 is 0 Å². The molecule has 0 aromatic carbocycles. The fourth-order valence-corrected chi connectivity index (χ4v) is 2.69. The van der Waals surface area contributed by atoms with Gasteiger partial charge in [-0.3, -0.25) is 0 Å². The lowest BCUT2D eigenvalue weighted by Gasteiger charge is -2.41. The SMILES string of the molecule is CCCCCC[C@H]1C[C@H](CCC)OC(C)(C)O1. The van der Waals surface area contributed by atoms with Crippen molar-refractivity contribution in [2.45, 2.75) is 97.1 Å². The van der Waals surface area contributed by atoms with Crippen LogP contribution in [0.15, 0.2) is 0 Å². The van der Waals surface area contributed by atoms with Gasteiger partial charge in [0, 0.05) is 6.42 Å². The van der Waals surface area contributed by atoms with E-state index in [0.29, 0.717) is 12.2 Å². The van der Waals surface area contributed by atoms with Crippen LogP contribution in [-0.2, 0) is 9.47 Å².